The van der Waals surface area contributed by atoms with E-state index < -0.39 is 0 Å². The van der Waals surface area contributed by atoms with Gasteiger partial charge in [0, 0.05) is 64.2 Å². The molecule has 0 unspecified atom stereocenters. The summed E-state index contributed by atoms with van der Waals surface area (Å²) in [5.41, 5.74) is 31.7. The number of amides is 2. The smallest absolute Gasteiger partial charge is 0.222 e. The number of carbonyl (C=O) groups is 2. The molecule has 0 spiro atoms. The Labute approximate surface area is 424 Å². The lowest BCUT2D eigenvalue weighted by molar-refractivity contribution is -0.143. The second kappa shape index (κ2) is 20.2. The van der Waals surface area contributed by atoms with Crippen LogP contribution in [0.15, 0.2) is 24.3 Å². The van der Waals surface area contributed by atoms with E-state index in [4.69, 9.17) is 22.9 Å². The van der Waals surface area contributed by atoms with Crippen molar-refractivity contribution in [3.63, 3.8) is 0 Å². The molecule has 8 saturated carbocycles. The molecule has 2 amide bonds. The molecule has 0 bridgehead atoms. The van der Waals surface area contributed by atoms with Crippen LogP contribution in [-0.2, 0) is 22.7 Å². The zero-order valence-electron chi connectivity index (χ0n) is 45.2. The largest absolute Gasteiger partial charge is 0.393 e. The summed E-state index contributed by atoms with van der Waals surface area (Å²) in [6, 6.07) is 9.16. The number of aliphatic hydroxyl groups is 2. The number of fused-ring (bicyclic) bond motifs is 10. The van der Waals surface area contributed by atoms with Crippen molar-refractivity contribution in [2.24, 2.45) is 116 Å². The average molecular weight is 969 g/mol. The number of rotatable bonds is 14. The van der Waals surface area contributed by atoms with E-state index in [9.17, 15) is 19.8 Å². The van der Waals surface area contributed by atoms with Crippen molar-refractivity contribution in [1.29, 1.82) is 0 Å². The Hall–Kier alpha value is -2.08. The van der Waals surface area contributed by atoms with Crippen molar-refractivity contribution in [1.82, 2.24) is 9.80 Å². The zero-order valence-corrected chi connectivity index (χ0v) is 45.2. The summed E-state index contributed by atoms with van der Waals surface area (Å²) < 4.78 is 0. The van der Waals surface area contributed by atoms with Crippen molar-refractivity contribution < 1.29 is 19.8 Å². The summed E-state index contributed by atoms with van der Waals surface area (Å²) in [5.74, 6) is 6.77. The van der Waals surface area contributed by atoms with Crippen molar-refractivity contribution in [3.05, 3.63) is 35.4 Å². The van der Waals surface area contributed by atoms with E-state index in [1.165, 1.54) is 25.7 Å². The van der Waals surface area contributed by atoms with Crippen molar-refractivity contribution in [2.45, 2.75) is 219 Å². The summed E-state index contributed by atoms with van der Waals surface area (Å²) in [4.78, 5) is 30.7. The summed E-state index contributed by atoms with van der Waals surface area (Å²) >= 11 is 0. The Balaban J connectivity index is 0.697. The fraction of sp³-hybridized carbons (Fsp3) is 0.867. The minimum Gasteiger partial charge on any atom is -0.393 e. The van der Waals surface area contributed by atoms with Crippen molar-refractivity contribution >= 4 is 11.8 Å². The lowest BCUT2D eigenvalue weighted by atomic mass is 9.42. The van der Waals surface area contributed by atoms with E-state index >= 15 is 0 Å². The van der Waals surface area contributed by atoms with E-state index in [0.717, 1.165) is 101 Å². The normalized spacial score (nSPS) is 46.0. The maximum absolute atomic E-state index is 13.5. The van der Waals surface area contributed by atoms with Crippen LogP contribution >= 0.6 is 0 Å². The molecule has 0 saturated heterocycles. The first-order valence-corrected chi connectivity index (χ1v) is 29.0. The first kappa shape index (κ1) is 52.8. The number of hydrogen-bond donors (Lipinski definition) is 6. The second-order valence-corrected chi connectivity index (χ2v) is 27.5. The van der Waals surface area contributed by atoms with Crippen LogP contribution < -0.4 is 22.9 Å². The van der Waals surface area contributed by atoms with Gasteiger partial charge in [-0.25, -0.2) is 0 Å². The molecular weight excluding hydrogens is 869 g/mol. The number of aliphatic hydroxyl groups excluding tert-OH is 2. The molecule has 0 radical (unpaired) electrons. The highest BCUT2D eigenvalue weighted by Gasteiger charge is 2.66. The minimum atomic E-state index is -0.177. The molecule has 10 heteroatoms. The molecule has 8 aliphatic rings. The summed E-state index contributed by atoms with van der Waals surface area (Å²) in [6.45, 7) is 16.0. The van der Waals surface area contributed by atoms with Gasteiger partial charge in [-0.15, -0.1) is 0 Å². The summed E-state index contributed by atoms with van der Waals surface area (Å²) in [6.07, 6.45) is 19.5. The lowest BCUT2D eigenvalue weighted by Crippen LogP contribution is -2.65. The van der Waals surface area contributed by atoms with E-state index in [0.29, 0.717) is 96.9 Å². The number of hydrogen-bond acceptors (Lipinski definition) is 8. The third-order valence-electron chi connectivity index (χ3n) is 24.2. The maximum Gasteiger partial charge on any atom is 0.222 e. The zero-order chi connectivity index (χ0) is 50.2. The van der Waals surface area contributed by atoms with Crippen LogP contribution in [0, 0.1) is 92.7 Å². The number of carbonyl (C=O) groups excluding carboxylic acids is 2. The highest BCUT2D eigenvalue weighted by Crippen LogP contribution is 2.70. The van der Waals surface area contributed by atoms with Gasteiger partial charge < -0.3 is 42.9 Å². The minimum absolute atomic E-state index is 0.0769. The van der Waals surface area contributed by atoms with Crippen molar-refractivity contribution in [2.75, 3.05) is 14.1 Å². The van der Waals surface area contributed by atoms with E-state index in [-0.39, 0.29) is 69.8 Å². The van der Waals surface area contributed by atoms with Gasteiger partial charge in [0.05, 0.1) is 12.2 Å². The molecule has 10 N–H and O–H groups in total. The molecule has 0 heterocycles. The van der Waals surface area contributed by atoms with Crippen LogP contribution in [0.5, 0.6) is 0 Å². The van der Waals surface area contributed by atoms with Crippen LogP contribution in [0.25, 0.3) is 0 Å². The van der Waals surface area contributed by atoms with Gasteiger partial charge in [0.25, 0.3) is 0 Å². The van der Waals surface area contributed by atoms with Gasteiger partial charge in [0.2, 0.25) is 11.8 Å². The monoisotopic (exact) mass is 969 g/mol. The third kappa shape index (κ3) is 9.18. The molecule has 394 valence electrons. The summed E-state index contributed by atoms with van der Waals surface area (Å²) in [5, 5.41) is 21.1. The van der Waals surface area contributed by atoms with E-state index in [1.54, 1.807) is 0 Å². The van der Waals surface area contributed by atoms with E-state index in [1.807, 2.05) is 23.9 Å². The predicted octanol–water partition coefficient (Wildman–Crippen LogP) is 9.00. The molecule has 10 nitrogen and oxygen atoms in total. The van der Waals surface area contributed by atoms with Gasteiger partial charge in [-0.3, -0.25) is 9.59 Å². The topological polar surface area (TPSA) is 185 Å². The summed E-state index contributed by atoms with van der Waals surface area (Å²) in [7, 11) is 3.85. The van der Waals surface area contributed by atoms with Gasteiger partial charge in [0.15, 0.2) is 0 Å². The number of benzene rings is 1. The molecule has 1 aromatic rings. The fourth-order valence-electron chi connectivity index (χ4n) is 20.0. The number of nitrogens with zero attached hydrogens (tertiary/aromatic N) is 2. The highest BCUT2D eigenvalue weighted by molar-refractivity contribution is 5.76. The van der Waals surface area contributed by atoms with Crippen LogP contribution in [-0.4, -0.2) is 82.3 Å². The van der Waals surface area contributed by atoms with Gasteiger partial charge in [0.1, 0.15) is 0 Å². The fourth-order valence-corrected chi connectivity index (χ4v) is 20.0. The number of nitrogens with two attached hydrogens (primary N) is 4. The SMILES string of the molecule is C[C@H](CCCC(=O)N(C)Cc1ccc(CN(C)C(=O)CCC[C@@H](C)[C@H]2CC[C@H]3[C@@H]4[C@H](N)C[C@@H]5C[C@H](O)CC[C@]5(C)[C@H]4C[C@H](N)[C@]23C)cc1)[C@H]1CC[C@H]2[C@@H]3[C@H](N)C[C@@H]4C[C@H](O)CC[C@]4(C)[C@H]3C[C@H](N)[C@]12C. The maximum atomic E-state index is 13.5. The predicted molar refractivity (Wildman–Crippen MR) is 281 cm³/mol. The van der Waals surface area contributed by atoms with Gasteiger partial charge >= 0.3 is 0 Å². The second-order valence-electron chi connectivity index (χ2n) is 27.5. The van der Waals surface area contributed by atoms with E-state index in [2.05, 4.69) is 65.8 Å². The Morgan fingerprint density at radius 1 is 0.571 bits per heavy atom. The molecular formula is C60H100N6O4. The molecule has 0 aliphatic heterocycles. The van der Waals surface area contributed by atoms with Crippen LogP contribution in [0.1, 0.15) is 181 Å². The van der Waals surface area contributed by atoms with Gasteiger partial charge in [-0.1, -0.05) is 65.8 Å². The molecule has 70 heavy (non-hydrogen) atoms. The molecule has 1 aromatic carbocycles. The van der Waals surface area contributed by atoms with Crippen LogP contribution in [0.2, 0.25) is 0 Å². The third-order valence-corrected chi connectivity index (χ3v) is 24.2. The van der Waals surface area contributed by atoms with Gasteiger partial charge in [-0.2, -0.15) is 0 Å². The lowest BCUT2D eigenvalue weighted by Gasteiger charge is -2.64. The quantitative estimate of drug-likeness (QED) is 0.107. The van der Waals surface area contributed by atoms with Crippen LogP contribution in [0.4, 0.5) is 0 Å². The molecule has 8 fully saturated rings. The first-order chi connectivity index (χ1) is 33.1. The molecule has 8 aliphatic carbocycles. The molecule has 22 atom stereocenters. The van der Waals surface area contributed by atoms with Crippen LogP contribution in [0.3, 0.4) is 0 Å². The van der Waals surface area contributed by atoms with Crippen molar-refractivity contribution in [3.8, 4) is 0 Å². The Morgan fingerprint density at radius 3 is 1.31 bits per heavy atom. The first-order valence-electron chi connectivity index (χ1n) is 29.0. The molecule has 9 rings (SSSR count). The van der Waals surface area contributed by atoms with Gasteiger partial charge in [-0.05, 0) is 219 Å². The Bertz CT molecular complexity index is 1860. The Morgan fingerprint density at radius 2 is 0.943 bits per heavy atom. The molecule has 0 aromatic heterocycles. The Kier molecular flexibility index (Phi) is 15.2. The standard InChI is InChI=1S/C60H100N6O4/c1-35(43-19-21-45-55-47(31-51(63)59(43,45)5)57(3)25-23-41(67)27-39(57)29-49(55)61)11-9-13-53(69)65(7)33-37-15-17-38(18-16-37)34-66(8)54(70)14-10-12-36(2)44-20-22-46-56-48(32-52(64)60(44,46)6)58(4)26-24-42(68)28-40(58)30-50(56)62/h15-18,35-36,39-52,55-56,67-68H,9-14,19-34,61-64H2,1-8H3/t35-,36-,39+,40+,41-,42-,43-,44-,45+,46+,47+,48+,49-,50-,51+,52+,55+,56+,57+,58+,59-,60-/m1/s1. The average Bonchev–Trinajstić information content (AvgIpc) is 3.87. The highest BCUT2D eigenvalue weighted by atomic mass is 16.3.